The van der Waals surface area contributed by atoms with Gasteiger partial charge in [0, 0.05) is 11.6 Å². The van der Waals surface area contributed by atoms with Crippen molar-refractivity contribution >= 4 is 0 Å². The quantitative estimate of drug-likeness (QED) is 0.851. The molecule has 1 N–H and O–H groups in total. The van der Waals surface area contributed by atoms with Crippen LogP contribution in [0.5, 0.6) is 5.75 Å². The summed E-state index contributed by atoms with van der Waals surface area (Å²) >= 11 is 0. The first-order valence-corrected chi connectivity index (χ1v) is 7.24. The van der Waals surface area contributed by atoms with E-state index in [0.29, 0.717) is 6.04 Å². The first-order valence-electron chi connectivity index (χ1n) is 7.24. The maximum Gasteiger partial charge on any atom is 0.127 e. The van der Waals surface area contributed by atoms with E-state index in [0.717, 1.165) is 17.7 Å². The summed E-state index contributed by atoms with van der Waals surface area (Å²) in [7, 11) is 1.98. The molecule has 0 aromatic heterocycles. The molecule has 0 heterocycles. The van der Waals surface area contributed by atoms with Crippen LogP contribution in [0.15, 0.2) is 54.6 Å². The Hall–Kier alpha value is -1.80. The Bertz CT molecular complexity index is 520. The fraction of sp³-hybridized carbons (Fsp3) is 0.333. The molecular weight excluding hydrogens is 246 g/mol. The van der Waals surface area contributed by atoms with E-state index in [1.54, 1.807) is 0 Å². The summed E-state index contributed by atoms with van der Waals surface area (Å²) in [5, 5.41) is 3.31. The lowest BCUT2D eigenvalue weighted by Gasteiger charge is -2.24. The van der Waals surface area contributed by atoms with Crippen molar-refractivity contribution in [2.75, 3.05) is 7.05 Å². The first kappa shape index (κ1) is 14.6. The molecule has 0 radical (unpaired) electrons. The Morgan fingerprint density at radius 3 is 2.30 bits per heavy atom. The monoisotopic (exact) mass is 269 g/mol. The van der Waals surface area contributed by atoms with Crippen LogP contribution in [0.1, 0.15) is 20.3 Å². The highest BCUT2D eigenvalue weighted by Crippen LogP contribution is 2.30. The number of nitrogens with one attached hydrogen (secondary N) is 1. The molecule has 20 heavy (non-hydrogen) atoms. The predicted molar refractivity (Wildman–Crippen MR) is 85.1 cm³/mol. The van der Waals surface area contributed by atoms with Crippen molar-refractivity contribution < 1.29 is 4.74 Å². The number of para-hydroxylation sites is 1. The third-order valence-electron chi connectivity index (χ3n) is 3.66. The van der Waals surface area contributed by atoms with Gasteiger partial charge in [0.05, 0.1) is 0 Å². The molecule has 2 heteroatoms. The average Bonchev–Trinajstić information content (AvgIpc) is 2.50. The molecule has 2 rings (SSSR count). The zero-order valence-electron chi connectivity index (χ0n) is 12.5. The number of ether oxygens (including phenoxy) is 1. The first-order chi connectivity index (χ1) is 9.76. The SMILES string of the molecule is CCC(NC)C(C)Oc1ccccc1-c1ccccc1. The molecule has 2 unspecified atom stereocenters. The van der Waals surface area contributed by atoms with Crippen LogP contribution in [-0.4, -0.2) is 19.2 Å². The molecule has 0 bridgehead atoms. The fourth-order valence-corrected chi connectivity index (χ4v) is 2.48. The van der Waals surface area contributed by atoms with Crippen LogP contribution in [0.4, 0.5) is 0 Å². The highest BCUT2D eigenvalue weighted by Gasteiger charge is 2.16. The number of benzene rings is 2. The minimum Gasteiger partial charge on any atom is -0.488 e. The summed E-state index contributed by atoms with van der Waals surface area (Å²) in [4.78, 5) is 0. The zero-order valence-corrected chi connectivity index (χ0v) is 12.5. The molecule has 0 fully saturated rings. The van der Waals surface area contributed by atoms with Crippen molar-refractivity contribution in [3.8, 4) is 16.9 Å². The van der Waals surface area contributed by atoms with Crippen LogP contribution >= 0.6 is 0 Å². The molecule has 0 aliphatic rings. The van der Waals surface area contributed by atoms with Crippen molar-refractivity contribution in [3.05, 3.63) is 54.6 Å². The third kappa shape index (κ3) is 3.40. The normalized spacial score (nSPS) is 13.8. The minimum absolute atomic E-state index is 0.134. The van der Waals surface area contributed by atoms with E-state index in [9.17, 15) is 0 Å². The molecule has 0 aliphatic heterocycles. The maximum absolute atomic E-state index is 6.18. The second-order valence-electron chi connectivity index (χ2n) is 4.99. The Morgan fingerprint density at radius 2 is 1.65 bits per heavy atom. The lowest BCUT2D eigenvalue weighted by molar-refractivity contribution is 0.172. The maximum atomic E-state index is 6.18. The van der Waals surface area contributed by atoms with Gasteiger partial charge in [-0.15, -0.1) is 0 Å². The summed E-state index contributed by atoms with van der Waals surface area (Å²) in [6.07, 6.45) is 1.18. The van der Waals surface area contributed by atoms with Crippen molar-refractivity contribution in [1.82, 2.24) is 5.32 Å². The van der Waals surface area contributed by atoms with E-state index in [1.165, 1.54) is 5.56 Å². The smallest absolute Gasteiger partial charge is 0.127 e. The van der Waals surface area contributed by atoms with Crippen LogP contribution < -0.4 is 10.1 Å². The second-order valence-corrected chi connectivity index (χ2v) is 4.99. The van der Waals surface area contributed by atoms with Crippen LogP contribution in [-0.2, 0) is 0 Å². The van der Waals surface area contributed by atoms with E-state index < -0.39 is 0 Å². The summed E-state index contributed by atoms with van der Waals surface area (Å²) in [5.41, 5.74) is 2.33. The van der Waals surface area contributed by atoms with Crippen LogP contribution in [0.25, 0.3) is 11.1 Å². The van der Waals surface area contributed by atoms with Crippen molar-refractivity contribution in [1.29, 1.82) is 0 Å². The number of likely N-dealkylation sites (N-methyl/N-ethyl adjacent to an activating group) is 1. The molecule has 0 aliphatic carbocycles. The number of rotatable bonds is 6. The molecular formula is C18H23NO. The average molecular weight is 269 g/mol. The molecule has 0 amide bonds. The van der Waals surface area contributed by atoms with E-state index in [4.69, 9.17) is 4.74 Å². The summed E-state index contributed by atoms with van der Waals surface area (Å²) in [6.45, 7) is 4.29. The van der Waals surface area contributed by atoms with Crippen LogP contribution in [0, 0.1) is 0 Å². The van der Waals surface area contributed by atoms with Gasteiger partial charge in [-0.2, -0.15) is 0 Å². The third-order valence-corrected chi connectivity index (χ3v) is 3.66. The van der Waals surface area contributed by atoms with Gasteiger partial charge < -0.3 is 10.1 Å². The van der Waals surface area contributed by atoms with Crippen LogP contribution in [0.3, 0.4) is 0 Å². The Balaban J connectivity index is 2.25. The summed E-state index contributed by atoms with van der Waals surface area (Å²) in [5.74, 6) is 0.944. The molecule has 0 saturated carbocycles. The van der Waals surface area contributed by atoms with Gasteiger partial charge in [-0.05, 0) is 32.0 Å². The fourth-order valence-electron chi connectivity index (χ4n) is 2.48. The molecule has 0 spiro atoms. The van der Waals surface area contributed by atoms with Gasteiger partial charge in [0.15, 0.2) is 0 Å². The lowest BCUT2D eigenvalue weighted by atomic mass is 10.0. The van der Waals surface area contributed by atoms with Crippen LogP contribution in [0.2, 0.25) is 0 Å². The molecule has 0 saturated heterocycles. The lowest BCUT2D eigenvalue weighted by Crippen LogP contribution is -2.38. The van der Waals surface area contributed by atoms with Gasteiger partial charge in [-0.3, -0.25) is 0 Å². The van der Waals surface area contributed by atoms with E-state index in [1.807, 2.05) is 25.2 Å². The van der Waals surface area contributed by atoms with E-state index in [2.05, 4.69) is 55.6 Å². The molecule has 2 aromatic carbocycles. The van der Waals surface area contributed by atoms with E-state index in [-0.39, 0.29) is 6.10 Å². The summed E-state index contributed by atoms with van der Waals surface area (Å²) in [6, 6.07) is 19.0. The standard InChI is InChI=1S/C18H23NO/c1-4-17(19-3)14(2)20-18-13-9-8-12-16(18)15-10-6-5-7-11-15/h5-14,17,19H,4H2,1-3H3. The van der Waals surface area contributed by atoms with Crippen molar-refractivity contribution in [2.24, 2.45) is 0 Å². The largest absolute Gasteiger partial charge is 0.488 e. The van der Waals surface area contributed by atoms with Gasteiger partial charge >= 0.3 is 0 Å². The number of hydrogen-bond acceptors (Lipinski definition) is 2. The topological polar surface area (TPSA) is 21.3 Å². The molecule has 2 atom stereocenters. The second kappa shape index (κ2) is 7.11. The van der Waals surface area contributed by atoms with Gasteiger partial charge in [0.25, 0.3) is 0 Å². The Morgan fingerprint density at radius 1 is 1.00 bits per heavy atom. The van der Waals surface area contributed by atoms with Crippen molar-refractivity contribution in [3.63, 3.8) is 0 Å². The zero-order chi connectivity index (χ0) is 14.4. The molecule has 2 aromatic rings. The minimum atomic E-state index is 0.134. The Labute approximate surface area is 121 Å². The highest BCUT2D eigenvalue weighted by molar-refractivity contribution is 5.70. The summed E-state index contributed by atoms with van der Waals surface area (Å²) < 4.78 is 6.18. The Kier molecular flexibility index (Phi) is 5.19. The van der Waals surface area contributed by atoms with Gasteiger partial charge in [0.2, 0.25) is 0 Å². The predicted octanol–water partition coefficient (Wildman–Crippen LogP) is 4.12. The molecule has 106 valence electrons. The molecule has 2 nitrogen and oxygen atoms in total. The van der Waals surface area contributed by atoms with Gasteiger partial charge in [-0.25, -0.2) is 0 Å². The number of hydrogen-bond donors (Lipinski definition) is 1. The highest BCUT2D eigenvalue weighted by atomic mass is 16.5. The van der Waals surface area contributed by atoms with E-state index >= 15 is 0 Å². The van der Waals surface area contributed by atoms with Gasteiger partial charge in [0.1, 0.15) is 11.9 Å². The van der Waals surface area contributed by atoms with Gasteiger partial charge in [-0.1, -0.05) is 55.5 Å². The van der Waals surface area contributed by atoms with Crippen molar-refractivity contribution in [2.45, 2.75) is 32.4 Å².